The van der Waals surface area contributed by atoms with E-state index in [1.165, 1.54) is 7.11 Å². The fourth-order valence-corrected chi connectivity index (χ4v) is 2.97. The van der Waals surface area contributed by atoms with Crippen LogP contribution in [-0.4, -0.2) is 50.2 Å². The van der Waals surface area contributed by atoms with Gasteiger partial charge in [0.25, 0.3) is 5.91 Å². The molecule has 0 spiro atoms. The zero-order valence-electron chi connectivity index (χ0n) is 13.0. The van der Waals surface area contributed by atoms with Crippen molar-refractivity contribution in [2.24, 2.45) is 0 Å². The van der Waals surface area contributed by atoms with E-state index in [0.29, 0.717) is 25.1 Å². The van der Waals surface area contributed by atoms with E-state index in [9.17, 15) is 9.59 Å². The van der Waals surface area contributed by atoms with Gasteiger partial charge in [-0.25, -0.2) is 9.31 Å². The van der Waals surface area contributed by atoms with Crippen LogP contribution in [0.3, 0.4) is 0 Å². The highest BCUT2D eigenvalue weighted by molar-refractivity contribution is 5.96. The van der Waals surface area contributed by atoms with Crippen molar-refractivity contribution in [2.45, 2.75) is 13.0 Å². The van der Waals surface area contributed by atoms with Gasteiger partial charge in [0.2, 0.25) is 0 Å². The monoisotopic (exact) mass is 325 g/mol. The van der Waals surface area contributed by atoms with E-state index in [1.54, 1.807) is 33.9 Å². The third kappa shape index (κ3) is 2.23. The van der Waals surface area contributed by atoms with E-state index in [0.717, 1.165) is 16.8 Å². The second-order valence-electron chi connectivity index (χ2n) is 5.61. The fourth-order valence-electron chi connectivity index (χ4n) is 2.97. The van der Waals surface area contributed by atoms with Gasteiger partial charge < -0.3 is 9.64 Å². The van der Waals surface area contributed by atoms with Crippen LogP contribution in [-0.2, 0) is 17.7 Å². The predicted octanol–water partition coefficient (Wildman–Crippen LogP) is 1.04. The highest BCUT2D eigenvalue weighted by Gasteiger charge is 2.28. The third-order valence-corrected chi connectivity index (χ3v) is 4.25. The summed E-state index contributed by atoms with van der Waals surface area (Å²) in [6, 6.07) is 5.40. The number of pyridine rings is 1. The molecule has 1 amide bonds. The predicted molar refractivity (Wildman–Crippen MR) is 83.6 cm³/mol. The van der Waals surface area contributed by atoms with E-state index in [1.807, 2.05) is 6.07 Å². The fraction of sp³-hybridized carbons (Fsp3) is 0.250. The molecule has 0 saturated carbocycles. The number of esters is 1. The zero-order chi connectivity index (χ0) is 16.7. The molecule has 4 heterocycles. The molecule has 0 fully saturated rings. The molecule has 1 aliphatic heterocycles. The Bertz CT molecular complexity index is 942. The molecule has 0 atom stereocenters. The number of hydrogen-bond donors (Lipinski definition) is 1. The number of methoxy groups -OCH3 is 1. The molecule has 0 radical (unpaired) electrons. The highest BCUT2D eigenvalue weighted by Crippen LogP contribution is 2.22. The molecule has 122 valence electrons. The van der Waals surface area contributed by atoms with Crippen LogP contribution in [0.5, 0.6) is 0 Å². The first kappa shape index (κ1) is 14.4. The van der Waals surface area contributed by atoms with Crippen molar-refractivity contribution in [3.05, 3.63) is 53.1 Å². The molecule has 24 heavy (non-hydrogen) atoms. The van der Waals surface area contributed by atoms with E-state index >= 15 is 0 Å². The van der Waals surface area contributed by atoms with Crippen LogP contribution in [0.2, 0.25) is 0 Å². The van der Waals surface area contributed by atoms with Crippen molar-refractivity contribution in [1.29, 1.82) is 0 Å². The second kappa shape index (κ2) is 5.48. The molecule has 1 N–H and O–H groups in total. The first-order valence-electron chi connectivity index (χ1n) is 7.54. The maximum atomic E-state index is 12.8. The molecule has 0 bridgehead atoms. The third-order valence-electron chi connectivity index (χ3n) is 4.25. The minimum atomic E-state index is -0.498. The lowest BCUT2D eigenvalue weighted by Crippen LogP contribution is -2.36. The number of carbonyl (C=O) groups is 2. The number of rotatable bonds is 2. The second-order valence-corrected chi connectivity index (χ2v) is 5.61. The summed E-state index contributed by atoms with van der Waals surface area (Å²) in [6.07, 6.45) is 4.07. The largest absolute Gasteiger partial charge is 0.464 e. The average Bonchev–Trinajstić information content (AvgIpc) is 3.25. The maximum absolute atomic E-state index is 12.8. The van der Waals surface area contributed by atoms with Gasteiger partial charge in [-0.3, -0.25) is 9.89 Å². The molecule has 3 aromatic heterocycles. The number of aromatic amines is 1. The van der Waals surface area contributed by atoms with Crippen LogP contribution < -0.4 is 0 Å². The smallest absolute Gasteiger partial charge is 0.358 e. The maximum Gasteiger partial charge on any atom is 0.358 e. The number of carbonyl (C=O) groups excluding carboxylic acids is 2. The number of H-pyrrole nitrogens is 1. The Labute approximate surface area is 137 Å². The number of hydrogen-bond acceptors (Lipinski definition) is 5. The first-order chi connectivity index (χ1) is 11.7. The van der Waals surface area contributed by atoms with Gasteiger partial charge in [-0.1, -0.05) is 0 Å². The van der Waals surface area contributed by atoms with Crippen molar-refractivity contribution >= 4 is 17.4 Å². The minimum Gasteiger partial charge on any atom is -0.464 e. The summed E-state index contributed by atoms with van der Waals surface area (Å²) in [5, 5.41) is 11.0. The molecule has 3 aromatic rings. The highest BCUT2D eigenvalue weighted by atomic mass is 16.5. The molecule has 4 rings (SSSR count). The van der Waals surface area contributed by atoms with Crippen LogP contribution in [0, 0.1) is 0 Å². The molecule has 1 aliphatic rings. The molecule has 8 nitrogen and oxygen atoms in total. The lowest BCUT2D eigenvalue weighted by molar-refractivity contribution is 0.0586. The number of fused-ring (bicyclic) bond motifs is 2. The Morgan fingerprint density at radius 2 is 2.21 bits per heavy atom. The summed E-state index contributed by atoms with van der Waals surface area (Å²) in [7, 11) is 1.32. The molecular weight excluding hydrogens is 310 g/mol. The van der Waals surface area contributed by atoms with Crippen LogP contribution >= 0.6 is 0 Å². The van der Waals surface area contributed by atoms with Crippen molar-refractivity contribution in [3.63, 3.8) is 0 Å². The summed E-state index contributed by atoms with van der Waals surface area (Å²) in [6.45, 7) is 0.901. The molecule has 8 heteroatoms. The van der Waals surface area contributed by atoms with Gasteiger partial charge in [-0.15, -0.1) is 0 Å². The summed E-state index contributed by atoms with van der Waals surface area (Å²) in [5.41, 5.74) is 3.31. The quantitative estimate of drug-likeness (QED) is 0.711. The SMILES string of the molecule is COC(=O)c1n[nH]c2c1CN(C(=O)c1ccn3nccc3c1)CC2. The molecular formula is C16H15N5O3. The lowest BCUT2D eigenvalue weighted by atomic mass is 10.0. The molecule has 0 aromatic carbocycles. The first-order valence-corrected chi connectivity index (χ1v) is 7.54. The van der Waals surface area contributed by atoms with Crippen molar-refractivity contribution < 1.29 is 14.3 Å². The summed E-state index contributed by atoms with van der Waals surface area (Å²) in [4.78, 5) is 26.3. The van der Waals surface area contributed by atoms with Crippen LogP contribution in [0.1, 0.15) is 32.1 Å². The Hall–Kier alpha value is -3.16. The Balaban J connectivity index is 1.62. The van der Waals surface area contributed by atoms with E-state index in [4.69, 9.17) is 4.74 Å². The van der Waals surface area contributed by atoms with Crippen LogP contribution in [0.25, 0.3) is 5.52 Å². The van der Waals surface area contributed by atoms with Gasteiger partial charge in [0, 0.05) is 42.2 Å². The van der Waals surface area contributed by atoms with Crippen molar-refractivity contribution in [3.8, 4) is 0 Å². The summed E-state index contributed by atoms with van der Waals surface area (Å²) < 4.78 is 6.45. The minimum absolute atomic E-state index is 0.0821. The molecule has 0 aliphatic carbocycles. The Morgan fingerprint density at radius 1 is 1.33 bits per heavy atom. The van der Waals surface area contributed by atoms with Crippen LogP contribution in [0.4, 0.5) is 0 Å². The van der Waals surface area contributed by atoms with E-state index in [-0.39, 0.29) is 11.6 Å². The standard InChI is InChI=1S/C16H15N5O3/c1-24-16(23)14-12-9-20(6-4-13(12)18-19-14)15(22)10-3-7-21-11(8-10)2-5-17-21/h2-3,5,7-8H,4,6,9H2,1H3,(H,18,19). The zero-order valence-corrected chi connectivity index (χ0v) is 13.0. The van der Waals surface area contributed by atoms with Crippen molar-refractivity contribution in [2.75, 3.05) is 13.7 Å². The van der Waals surface area contributed by atoms with Gasteiger partial charge in [0.15, 0.2) is 5.69 Å². The average molecular weight is 325 g/mol. The number of nitrogens with one attached hydrogen (secondary N) is 1. The molecule has 0 saturated heterocycles. The normalized spacial score (nSPS) is 13.8. The summed E-state index contributed by atoms with van der Waals surface area (Å²) in [5.74, 6) is -0.580. The number of nitrogens with zero attached hydrogens (tertiary/aromatic N) is 4. The Kier molecular flexibility index (Phi) is 3.30. The number of aromatic nitrogens is 4. The van der Waals surface area contributed by atoms with E-state index < -0.39 is 5.97 Å². The molecule has 0 unspecified atom stereocenters. The summed E-state index contributed by atoms with van der Waals surface area (Å²) >= 11 is 0. The topological polar surface area (TPSA) is 92.6 Å². The van der Waals surface area contributed by atoms with Gasteiger partial charge >= 0.3 is 5.97 Å². The van der Waals surface area contributed by atoms with Crippen molar-refractivity contribution in [1.82, 2.24) is 24.7 Å². The Morgan fingerprint density at radius 3 is 3.04 bits per heavy atom. The van der Waals surface area contributed by atoms with Gasteiger partial charge in [0.1, 0.15) is 0 Å². The van der Waals surface area contributed by atoms with Gasteiger partial charge in [0.05, 0.1) is 19.2 Å². The van der Waals surface area contributed by atoms with Gasteiger partial charge in [-0.05, 0) is 18.2 Å². The van der Waals surface area contributed by atoms with Gasteiger partial charge in [-0.2, -0.15) is 10.2 Å². The number of ether oxygens (including phenoxy) is 1. The van der Waals surface area contributed by atoms with E-state index in [2.05, 4.69) is 15.3 Å². The lowest BCUT2D eigenvalue weighted by Gasteiger charge is -2.27. The number of amides is 1. The van der Waals surface area contributed by atoms with Crippen LogP contribution in [0.15, 0.2) is 30.6 Å².